The number of nitrogens with one attached hydrogen (secondary N) is 3. The minimum atomic E-state index is -0.715. The van der Waals surface area contributed by atoms with E-state index in [1.807, 2.05) is 6.07 Å². The van der Waals surface area contributed by atoms with Crippen LogP contribution in [-0.2, 0) is 22.4 Å². The topological polar surface area (TPSA) is 109 Å². The smallest absolute Gasteiger partial charge is 0.313 e. The molecule has 28 heavy (non-hydrogen) atoms. The molecule has 0 unspecified atom stereocenters. The fraction of sp³-hybridized carbons (Fsp3) is 0.200. The van der Waals surface area contributed by atoms with Gasteiger partial charge in [-0.1, -0.05) is 12.1 Å². The monoisotopic (exact) mass is 377 g/mol. The normalized spacial score (nSPS) is 15.4. The van der Waals surface area contributed by atoms with E-state index >= 15 is 0 Å². The number of carbonyl (C=O) groups excluding carboxylic acids is 2. The lowest BCUT2D eigenvalue weighted by Crippen LogP contribution is -2.44. The first kappa shape index (κ1) is 17.7. The number of fused-ring (bicyclic) bond motifs is 1. The van der Waals surface area contributed by atoms with Gasteiger partial charge in [0.25, 0.3) is 0 Å². The summed E-state index contributed by atoms with van der Waals surface area (Å²) in [4.78, 5) is 28.6. The molecule has 2 heterocycles. The van der Waals surface area contributed by atoms with Gasteiger partial charge in [-0.15, -0.1) is 0 Å². The number of rotatable bonds is 4. The van der Waals surface area contributed by atoms with Crippen molar-refractivity contribution in [2.24, 2.45) is 0 Å². The number of aromatic nitrogens is 3. The molecule has 1 aliphatic carbocycles. The lowest BCUT2D eigenvalue weighted by Gasteiger charge is -2.22. The molecule has 0 saturated heterocycles. The molecule has 3 N–H and O–H groups in total. The van der Waals surface area contributed by atoms with Crippen molar-refractivity contribution in [1.82, 2.24) is 20.5 Å². The van der Waals surface area contributed by atoms with Gasteiger partial charge in [-0.25, -0.2) is 4.98 Å². The number of hydrogen-bond donors (Lipinski definition) is 3. The fourth-order valence-corrected chi connectivity index (χ4v) is 3.14. The highest BCUT2D eigenvalue weighted by atomic mass is 16.5. The Morgan fingerprint density at radius 3 is 2.93 bits per heavy atom. The zero-order chi connectivity index (χ0) is 19.3. The Hall–Kier alpha value is -3.68. The molecule has 0 saturated carbocycles. The van der Waals surface area contributed by atoms with Crippen molar-refractivity contribution in [1.29, 1.82) is 0 Å². The summed E-state index contributed by atoms with van der Waals surface area (Å²) in [5, 5.41) is 12.4. The van der Waals surface area contributed by atoms with Gasteiger partial charge in [0.15, 0.2) is 0 Å². The summed E-state index contributed by atoms with van der Waals surface area (Å²) >= 11 is 0. The van der Waals surface area contributed by atoms with Crippen LogP contribution in [0.4, 0.5) is 5.69 Å². The first-order chi connectivity index (χ1) is 13.7. The third-order valence-corrected chi connectivity index (χ3v) is 4.51. The number of carbonyl (C=O) groups is 2. The number of hydrogen-bond acceptors (Lipinski definition) is 5. The average molecular weight is 377 g/mol. The number of nitrogens with zero attached hydrogens (tertiary/aromatic N) is 2. The van der Waals surface area contributed by atoms with E-state index in [1.54, 1.807) is 48.8 Å². The van der Waals surface area contributed by atoms with Gasteiger partial charge < -0.3 is 15.4 Å². The maximum atomic E-state index is 12.3. The molecule has 8 heteroatoms. The Balaban J connectivity index is 1.34. The van der Waals surface area contributed by atoms with Crippen LogP contribution in [0.25, 0.3) is 0 Å². The number of aromatic amines is 1. The van der Waals surface area contributed by atoms with Crippen molar-refractivity contribution in [3.8, 4) is 11.6 Å². The molecule has 3 aromatic rings. The van der Waals surface area contributed by atoms with Crippen LogP contribution in [0, 0.1) is 0 Å². The number of aryl methyl sites for hydroxylation is 1. The highest BCUT2D eigenvalue weighted by Gasteiger charge is 2.24. The summed E-state index contributed by atoms with van der Waals surface area (Å²) in [5.74, 6) is -0.419. The van der Waals surface area contributed by atoms with Crippen LogP contribution in [0.15, 0.2) is 54.9 Å². The van der Waals surface area contributed by atoms with E-state index in [0.29, 0.717) is 23.7 Å². The first-order valence-corrected chi connectivity index (χ1v) is 8.99. The van der Waals surface area contributed by atoms with Crippen LogP contribution in [0.5, 0.6) is 11.6 Å². The molecule has 2 amide bonds. The number of pyridine rings is 1. The predicted molar refractivity (Wildman–Crippen MR) is 102 cm³/mol. The second kappa shape index (κ2) is 7.91. The number of benzene rings is 1. The Bertz CT molecular complexity index is 986. The summed E-state index contributed by atoms with van der Waals surface area (Å²) < 4.78 is 5.64. The van der Waals surface area contributed by atoms with Crippen molar-refractivity contribution in [3.05, 3.63) is 66.1 Å². The van der Waals surface area contributed by atoms with Crippen LogP contribution in [0.2, 0.25) is 0 Å². The standard InChI is InChI=1S/C20H19N5O3/c26-19(20(27)24-15-7-8-17-13(10-15)12-22-25-17)23-14-4-3-5-16(11-14)28-18-6-1-2-9-21-18/h1-6,9,11-12,15H,7-8,10H2,(H,22,25)(H,23,26)(H,24,27)/t15-/m0/s1. The number of H-pyrrole nitrogens is 1. The molecule has 0 fully saturated rings. The summed E-state index contributed by atoms with van der Waals surface area (Å²) in [7, 11) is 0. The molecule has 1 aliphatic rings. The lowest BCUT2D eigenvalue weighted by atomic mass is 9.93. The molecule has 0 spiro atoms. The summed E-state index contributed by atoms with van der Waals surface area (Å²) in [6.07, 6.45) is 5.62. The second-order valence-electron chi connectivity index (χ2n) is 6.54. The minimum absolute atomic E-state index is 0.0813. The van der Waals surface area contributed by atoms with E-state index in [4.69, 9.17) is 4.74 Å². The van der Waals surface area contributed by atoms with Crippen LogP contribution in [0.1, 0.15) is 17.7 Å². The number of anilines is 1. The molecule has 0 radical (unpaired) electrons. The van der Waals surface area contributed by atoms with Gasteiger partial charge in [0.1, 0.15) is 5.75 Å². The zero-order valence-electron chi connectivity index (χ0n) is 15.0. The van der Waals surface area contributed by atoms with E-state index in [-0.39, 0.29) is 6.04 Å². The number of amides is 2. The quantitative estimate of drug-likeness (QED) is 0.604. The Labute approximate surface area is 161 Å². The van der Waals surface area contributed by atoms with Gasteiger partial charge in [0.2, 0.25) is 5.88 Å². The van der Waals surface area contributed by atoms with Gasteiger partial charge in [0.05, 0.1) is 6.20 Å². The first-order valence-electron chi connectivity index (χ1n) is 8.99. The summed E-state index contributed by atoms with van der Waals surface area (Å²) in [5.41, 5.74) is 2.64. The maximum absolute atomic E-state index is 12.3. The van der Waals surface area contributed by atoms with Gasteiger partial charge in [-0.05, 0) is 43.0 Å². The SMILES string of the molecule is O=C(Nc1cccc(Oc2ccccn2)c1)C(=O)N[C@H]1CCc2[nH]ncc2C1. The molecule has 4 rings (SSSR count). The van der Waals surface area contributed by atoms with E-state index in [1.165, 1.54) is 0 Å². The zero-order valence-corrected chi connectivity index (χ0v) is 15.0. The summed E-state index contributed by atoms with van der Waals surface area (Å²) in [6, 6.07) is 12.1. The lowest BCUT2D eigenvalue weighted by molar-refractivity contribution is -0.136. The Morgan fingerprint density at radius 2 is 2.07 bits per heavy atom. The molecule has 0 aliphatic heterocycles. The van der Waals surface area contributed by atoms with Crippen LogP contribution in [0.3, 0.4) is 0 Å². The predicted octanol–water partition coefficient (Wildman–Crippen LogP) is 2.21. The number of ether oxygens (including phenoxy) is 1. The summed E-state index contributed by atoms with van der Waals surface area (Å²) in [6.45, 7) is 0. The Kier molecular flexibility index (Phi) is 5.01. The van der Waals surface area contributed by atoms with Crippen molar-refractivity contribution < 1.29 is 14.3 Å². The fourth-order valence-electron chi connectivity index (χ4n) is 3.14. The third kappa shape index (κ3) is 4.17. The van der Waals surface area contributed by atoms with Gasteiger partial charge in [-0.2, -0.15) is 5.10 Å². The highest BCUT2D eigenvalue weighted by Crippen LogP contribution is 2.22. The van der Waals surface area contributed by atoms with Crippen LogP contribution in [-0.4, -0.2) is 33.0 Å². The van der Waals surface area contributed by atoms with E-state index < -0.39 is 11.8 Å². The average Bonchev–Trinajstić information content (AvgIpc) is 3.17. The molecular formula is C20H19N5O3. The molecule has 0 bridgehead atoms. The van der Waals surface area contributed by atoms with Gasteiger partial charge in [-0.3, -0.25) is 14.7 Å². The van der Waals surface area contributed by atoms with Crippen molar-refractivity contribution in [2.45, 2.75) is 25.3 Å². The molecule has 8 nitrogen and oxygen atoms in total. The molecule has 1 atom stereocenters. The maximum Gasteiger partial charge on any atom is 0.313 e. The molecule has 1 aromatic carbocycles. The van der Waals surface area contributed by atoms with Crippen molar-refractivity contribution >= 4 is 17.5 Å². The van der Waals surface area contributed by atoms with Gasteiger partial charge >= 0.3 is 11.8 Å². The molecular weight excluding hydrogens is 358 g/mol. The Morgan fingerprint density at radius 1 is 1.14 bits per heavy atom. The van der Waals surface area contributed by atoms with E-state index in [9.17, 15) is 9.59 Å². The van der Waals surface area contributed by atoms with Crippen molar-refractivity contribution in [3.63, 3.8) is 0 Å². The van der Waals surface area contributed by atoms with Crippen molar-refractivity contribution in [2.75, 3.05) is 5.32 Å². The second-order valence-corrected chi connectivity index (χ2v) is 6.54. The van der Waals surface area contributed by atoms with E-state index in [2.05, 4.69) is 25.8 Å². The minimum Gasteiger partial charge on any atom is -0.439 e. The van der Waals surface area contributed by atoms with Gasteiger partial charge in [0, 0.05) is 35.8 Å². The third-order valence-electron chi connectivity index (χ3n) is 4.51. The van der Waals surface area contributed by atoms with E-state index in [0.717, 1.165) is 24.1 Å². The molecule has 2 aromatic heterocycles. The molecule has 142 valence electrons. The van der Waals surface area contributed by atoms with Crippen LogP contribution >= 0.6 is 0 Å². The highest BCUT2D eigenvalue weighted by molar-refractivity contribution is 6.39. The van der Waals surface area contributed by atoms with Crippen LogP contribution < -0.4 is 15.4 Å². The largest absolute Gasteiger partial charge is 0.439 e.